The van der Waals surface area contributed by atoms with Gasteiger partial charge in [0, 0.05) is 43.9 Å². The van der Waals surface area contributed by atoms with E-state index in [-0.39, 0.29) is 6.04 Å². The Hall–Kier alpha value is -2.66. The molecule has 0 radical (unpaired) electrons. The average Bonchev–Trinajstić information content (AvgIpc) is 3.17. The van der Waals surface area contributed by atoms with Gasteiger partial charge in [-0.3, -0.25) is 4.98 Å². The van der Waals surface area contributed by atoms with Crippen LogP contribution >= 0.6 is 12.2 Å². The Morgan fingerprint density at radius 1 is 1.04 bits per heavy atom. The number of rotatable bonds is 4. The lowest BCUT2D eigenvalue weighted by molar-refractivity contribution is 0.286. The van der Waals surface area contributed by atoms with Crippen molar-refractivity contribution < 1.29 is 0 Å². The van der Waals surface area contributed by atoms with E-state index in [1.165, 1.54) is 16.8 Å². The molecule has 4 rings (SSSR count). The Kier molecular flexibility index (Phi) is 4.97. The molecule has 0 aliphatic carbocycles. The molecular weight excluding hydrogens is 340 g/mol. The number of nitrogens with zero attached hydrogens (tertiary/aromatic N) is 3. The van der Waals surface area contributed by atoms with Gasteiger partial charge >= 0.3 is 0 Å². The highest BCUT2D eigenvalue weighted by Gasteiger charge is 2.30. The number of hydrogen-bond acceptors (Lipinski definition) is 2. The highest BCUT2D eigenvalue weighted by Crippen LogP contribution is 2.32. The zero-order valence-electron chi connectivity index (χ0n) is 14.6. The Labute approximate surface area is 159 Å². The fraction of sp³-hybridized carbons (Fsp3) is 0.238. The maximum absolute atomic E-state index is 5.76. The minimum absolute atomic E-state index is 0.124. The molecule has 0 saturated carbocycles. The first-order valence-corrected chi connectivity index (χ1v) is 9.37. The molecule has 5 heteroatoms. The van der Waals surface area contributed by atoms with Crippen LogP contribution in [0.25, 0.3) is 0 Å². The fourth-order valence-electron chi connectivity index (χ4n) is 3.56. The third-order valence-electron chi connectivity index (χ3n) is 4.85. The van der Waals surface area contributed by atoms with Crippen LogP contribution in [0.15, 0.2) is 73.2 Å². The van der Waals surface area contributed by atoms with E-state index < -0.39 is 0 Å². The van der Waals surface area contributed by atoms with Crippen molar-refractivity contribution in [2.75, 3.05) is 13.1 Å². The fourth-order valence-corrected chi connectivity index (χ4v) is 3.86. The number of benzene rings is 1. The molecule has 4 nitrogen and oxygen atoms in total. The van der Waals surface area contributed by atoms with Gasteiger partial charge in [0.15, 0.2) is 5.11 Å². The zero-order chi connectivity index (χ0) is 17.8. The van der Waals surface area contributed by atoms with Crippen LogP contribution < -0.4 is 5.32 Å². The van der Waals surface area contributed by atoms with E-state index in [2.05, 4.69) is 74.5 Å². The van der Waals surface area contributed by atoms with Gasteiger partial charge in [0.1, 0.15) is 0 Å². The second kappa shape index (κ2) is 7.70. The van der Waals surface area contributed by atoms with Gasteiger partial charge in [0.05, 0.1) is 6.04 Å². The third-order valence-corrected chi connectivity index (χ3v) is 5.23. The highest BCUT2D eigenvalue weighted by molar-refractivity contribution is 7.80. The maximum atomic E-state index is 5.76. The van der Waals surface area contributed by atoms with Gasteiger partial charge in [0.2, 0.25) is 0 Å². The number of hydrogen-bond donors (Lipinski definition) is 1. The van der Waals surface area contributed by atoms with Crippen LogP contribution in [0, 0.1) is 0 Å². The van der Waals surface area contributed by atoms with Crippen LogP contribution in [-0.4, -0.2) is 32.7 Å². The van der Waals surface area contributed by atoms with Crippen LogP contribution in [-0.2, 0) is 13.0 Å². The van der Waals surface area contributed by atoms with Crippen molar-refractivity contribution in [2.24, 2.45) is 0 Å². The minimum atomic E-state index is 0.124. The van der Waals surface area contributed by atoms with Crippen molar-refractivity contribution in [3.8, 4) is 0 Å². The molecule has 3 aromatic rings. The summed E-state index contributed by atoms with van der Waals surface area (Å²) in [7, 11) is 0. The van der Waals surface area contributed by atoms with Gasteiger partial charge in [-0.05, 0) is 54.0 Å². The first-order valence-electron chi connectivity index (χ1n) is 8.96. The molecule has 1 N–H and O–H groups in total. The molecule has 0 unspecified atom stereocenters. The van der Waals surface area contributed by atoms with E-state index in [9.17, 15) is 0 Å². The second-order valence-electron chi connectivity index (χ2n) is 6.47. The summed E-state index contributed by atoms with van der Waals surface area (Å²) in [6.07, 6.45) is 6.81. The molecule has 2 aromatic heterocycles. The molecule has 0 amide bonds. The van der Waals surface area contributed by atoms with Crippen LogP contribution in [0.2, 0.25) is 0 Å². The lowest BCUT2D eigenvalue weighted by Gasteiger charge is -2.39. The SMILES string of the molecule is S=C(NCCc1ccccc1)N1CCn2cccc2[C@@H]1c1ccncc1. The van der Waals surface area contributed by atoms with E-state index >= 15 is 0 Å². The first kappa shape index (κ1) is 16.8. The van der Waals surface area contributed by atoms with Crippen LogP contribution in [0.3, 0.4) is 0 Å². The monoisotopic (exact) mass is 362 g/mol. The molecule has 1 atom stereocenters. The number of aromatic nitrogens is 2. The molecule has 0 fully saturated rings. The molecule has 0 spiro atoms. The molecule has 1 aliphatic heterocycles. The largest absolute Gasteiger partial charge is 0.362 e. The molecule has 1 aliphatic rings. The number of fused-ring (bicyclic) bond motifs is 1. The summed E-state index contributed by atoms with van der Waals surface area (Å²) < 4.78 is 2.31. The van der Waals surface area contributed by atoms with Crippen LogP contribution in [0.1, 0.15) is 22.9 Å². The van der Waals surface area contributed by atoms with Gasteiger partial charge < -0.3 is 14.8 Å². The molecule has 3 heterocycles. The van der Waals surface area contributed by atoms with Gasteiger partial charge in [0.25, 0.3) is 0 Å². The van der Waals surface area contributed by atoms with E-state index in [1.807, 2.05) is 18.5 Å². The summed E-state index contributed by atoms with van der Waals surface area (Å²) >= 11 is 5.76. The predicted octanol–water partition coefficient (Wildman–Crippen LogP) is 3.41. The molecule has 0 bridgehead atoms. The average molecular weight is 363 g/mol. The topological polar surface area (TPSA) is 33.1 Å². The van der Waals surface area contributed by atoms with E-state index in [1.54, 1.807) is 0 Å². The minimum Gasteiger partial charge on any atom is -0.362 e. The molecule has 0 saturated heterocycles. The van der Waals surface area contributed by atoms with Crippen LogP contribution in [0.4, 0.5) is 0 Å². The second-order valence-corrected chi connectivity index (χ2v) is 6.86. The molecule has 26 heavy (non-hydrogen) atoms. The standard InChI is InChI=1S/C21H22N4S/c26-21(23-13-8-17-5-2-1-3-6-17)25-16-15-24-14-4-7-19(24)20(25)18-9-11-22-12-10-18/h1-7,9-12,14,20H,8,13,15-16H2,(H,23,26)/t20-/m0/s1. The third kappa shape index (κ3) is 3.48. The summed E-state index contributed by atoms with van der Waals surface area (Å²) in [5.41, 5.74) is 3.81. The smallest absolute Gasteiger partial charge is 0.169 e. The summed E-state index contributed by atoms with van der Waals surface area (Å²) in [4.78, 5) is 6.46. The zero-order valence-corrected chi connectivity index (χ0v) is 15.4. The van der Waals surface area contributed by atoms with Crippen molar-refractivity contribution in [3.05, 3.63) is 90.0 Å². The van der Waals surface area contributed by atoms with Crippen LogP contribution in [0.5, 0.6) is 0 Å². The predicted molar refractivity (Wildman–Crippen MR) is 108 cm³/mol. The van der Waals surface area contributed by atoms with Crippen molar-refractivity contribution in [1.82, 2.24) is 19.8 Å². The van der Waals surface area contributed by atoms with Crippen molar-refractivity contribution in [1.29, 1.82) is 0 Å². The Morgan fingerprint density at radius 3 is 2.65 bits per heavy atom. The lowest BCUT2D eigenvalue weighted by atomic mass is 10.0. The van der Waals surface area contributed by atoms with Gasteiger partial charge in [-0.25, -0.2) is 0 Å². The summed E-state index contributed by atoms with van der Waals surface area (Å²) in [6, 6.07) is 19.1. The number of pyridine rings is 1. The van der Waals surface area contributed by atoms with E-state index in [4.69, 9.17) is 12.2 Å². The van der Waals surface area contributed by atoms with Crippen molar-refractivity contribution in [3.63, 3.8) is 0 Å². The lowest BCUT2D eigenvalue weighted by Crippen LogP contribution is -2.47. The molecular formula is C21H22N4S. The Bertz CT molecular complexity index is 860. The number of nitrogens with one attached hydrogen (secondary N) is 1. The maximum Gasteiger partial charge on any atom is 0.169 e. The molecule has 1 aromatic carbocycles. The van der Waals surface area contributed by atoms with E-state index in [0.717, 1.165) is 31.2 Å². The van der Waals surface area contributed by atoms with E-state index in [0.29, 0.717) is 0 Å². The normalized spacial score (nSPS) is 16.2. The van der Waals surface area contributed by atoms with Crippen molar-refractivity contribution in [2.45, 2.75) is 19.0 Å². The van der Waals surface area contributed by atoms with Gasteiger partial charge in [-0.1, -0.05) is 30.3 Å². The quantitative estimate of drug-likeness (QED) is 0.721. The first-order chi connectivity index (χ1) is 12.8. The van der Waals surface area contributed by atoms with Crippen molar-refractivity contribution >= 4 is 17.3 Å². The summed E-state index contributed by atoms with van der Waals surface area (Å²) in [5.74, 6) is 0. The van der Waals surface area contributed by atoms with Gasteiger partial charge in [-0.15, -0.1) is 0 Å². The summed E-state index contributed by atoms with van der Waals surface area (Å²) in [5, 5.41) is 4.27. The Morgan fingerprint density at radius 2 is 1.85 bits per heavy atom. The van der Waals surface area contributed by atoms with Gasteiger partial charge in [-0.2, -0.15) is 0 Å². The number of thiocarbonyl (C=S) groups is 1. The highest BCUT2D eigenvalue weighted by atomic mass is 32.1. The Balaban J connectivity index is 1.50. The summed E-state index contributed by atoms with van der Waals surface area (Å²) in [6.45, 7) is 2.68. The molecule has 132 valence electrons.